The fraction of sp³-hybridized carbons (Fsp3) is 0.455. The molecule has 1 heterocycles. The van der Waals surface area contributed by atoms with Gasteiger partial charge in [0.05, 0.1) is 5.02 Å². The Morgan fingerprint density at radius 3 is 2.88 bits per heavy atom. The molecule has 1 aliphatic rings. The van der Waals surface area contributed by atoms with Crippen LogP contribution in [0.3, 0.4) is 0 Å². The summed E-state index contributed by atoms with van der Waals surface area (Å²) in [5.74, 6) is 1.05. The van der Waals surface area contributed by atoms with Crippen LogP contribution < -0.4 is 5.32 Å². The van der Waals surface area contributed by atoms with E-state index in [1.54, 1.807) is 12.1 Å². The fourth-order valence-corrected chi connectivity index (χ4v) is 1.91. The second kappa shape index (κ2) is 4.60. The van der Waals surface area contributed by atoms with Crippen LogP contribution in [0.1, 0.15) is 23.8 Å². The van der Waals surface area contributed by atoms with Crippen molar-refractivity contribution < 1.29 is 4.79 Å². The lowest BCUT2D eigenvalue weighted by atomic mass is 10.3. The molecule has 1 saturated carbocycles. The SMILES string of the molecule is CC1CC1CNC(=O)c1nc(Cl)ccc1Cl. The van der Waals surface area contributed by atoms with Gasteiger partial charge in [0.15, 0.2) is 0 Å². The van der Waals surface area contributed by atoms with E-state index in [9.17, 15) is 4.79 Å². The van der Waals surface area contributed by atoms with E-state index in [0.29, 0.717) is 23.4 Å². The highest BCUT2D eigenvalue weighted by Crippen LogP contribution is 2.36. The number of halogens is 2. The summed E-state index contributed by atoms with van der Waals surface area (Å²) in [6, 6.07) is 3.13. The average molecular weight is 259 g/mol. The van der Waals surface area contributed by atoms with Crippen molar-refractivity contribution in [2.24, 2.45) is 11.8 Å². The first-order chi connectivity index (χ1) is 7.58. The molecular formula is C11H12Cl2N2O. The molecule has 86 valence electrons. The Balaban J connectivity index is 1.99. The number of aromatic nitrogens is 1. The zero-order chi connectivity index (χ0) is 11.7. The third-order valence-corrected chi connectivity index (χ3v) is 3.34. The van der Waals surface area contributed by atoms with Gasteiger partial charge in [-0.25, -0.2) is 4.98 Å². The lowest BCUT2D eigenvalue weighted by Gasteiger charge is -2.05. The molecule has 0 aromatic carbocycles. The van der Waals surface area contributed by atoms with E-state index < -0.39 is 0 Å². The summed E-state index contributed by atoms with van der Waals surface area (Å²) in [6.07, 6.45) is 1.18. The minimum absolute atomic E-state index is 0.197. The van der Waals surface area contributed by atoms with Crippen molar-refractivity contribution in [1.82, 2.24) is 10.3 Å². The topological polar surface area (TPSA) is 42.0 Å². The molecule has 1 aromatic heterocycles. The molecule has 16 heavy (non-hydrogen) atoms. The van der Waals surface area contributed by atoms with Crippen LogP contribution in [0.5, 0.6) is 0 Å². The summed E-state index contributed by atoms with van der Waals surface area (Å²) in [4.78, 5) is 15.7. The summed E-state index contributed by atoms with van der Waals surface area (Å²) in [5.41, 5.74) is 0.197. The maximum atomic E-state index is 11.7. The van der Waals surface area contributed by atoms with Crippen LogP contribution in [0.15, 0.2) is 12.1 Å². The van der Waals surface area contributed by atoms with Gasteiger partial charge < -0.3 is 5.32 Å². The third-order valence-electron chi connectivity index (χ3n) is 2.83. The monoisotopic (exact) mass is 258 g/mol. The van der Waals surface area contributed by atoms with Crippen LogP contribution in [0.4, 0.5) is 0 Å². The number of carbonyl (C=O) groups excluding carboxylic acids is 1. The van der Waals surface area contributed by atoms with Gasteiger partial charge in [-0.05, 0) is 30.4 Å². The molecule has 0 aliphatic heterocycles. The summed E-state index contributed by atoms with van der Waals surface area (Å²) < 4.78 is 0. The van der Waals surface area contributed by atoms with E-state index in [4.69, 9.17) is 23.2 Å². The summed E-state index contributed by atoms with van der Waals surface area (Å²) in [6.45, 7) is 2.85. The first-order valence-corrected chi connectivity index (χ1v) is 5.93. The largest absolute Gasteiger partial charge is 0.350 e. The van der Waals surface area contributed by atoms with Crippen molar-refractivity contribution in [1.29, 1.82) is 0 Å². The van der Waals surface area contributed by atoms with Gasteiger partial charge in [-0.2, -0.15) is 0 Å². The number of nitrogens with zero attached hydrogens (tertiary/aromatic N) is 1. The van der Waals surface area contributed by atoms with Crippen molar-refractivity contribution in [3.63, 3.8) is 0 Å². The van der Waals surface area contributed by atoms with Crippen LogP contribution >= 0.6 is 23.2 Å². The van der Waals surface area contributed by atoms with Crippen molar-refractivity contribution in [2.75, 3.05) is 6.54 Å². The van der Waals surface area contributed by atoms with E-state index in [-0.39, 0.29) is 16.8 Å². The minimum atomic E-state index is -0.258. The minimum Gasteiger partial charge on any atom is -0.350 e. The molecule has 1 amide bonds. The first-order valence-electron chi connectivity index (χ1n) is 5.18. The van der Waals surface area contributed by atoms with Gasteiger partial charge in [-0.15, -0.1) is 0 Å². The summed E-state index contributed by atoms with van der Waals surface area (Å²) in [7, 11) is 0. The second-order valence-corrected chi connectivity index (χ2v) is 4.94. The number of hydrogen-bond acceptors (Lipinski definition) is 2. The van der Waals surface area contributed by atoms with Gasteiger partial charge in [-0.1, -0.05) is 30.1 Å². The molecule has 3 nitrogen and oxygen atoms in total. The maximum Gasteiger partial charge on any atom is 0.271 e. The smallest absolute Gasteiger partial charge is 0.271 e. The van der Waals surface area contributed by atoms with Crippen molar-refractivity contribution in [3.05, 3.63) is 28.0 Å². The Morgan fingerprint density at radius 2 is 2.25 bits per heavy atom. The van der Waals surface area contributed by atoms with Crippen LogP contribution in [-0.2, 0) is 0 Å². The molecule has 1 N–H and O–H groups in total. The Labute approximate surface area is 104 Å². The van der Waals surface area contributed by atoms with Crippen molar-refractivity contribution in [3.8, 4) is 0 Å². The quantitative estimate of drug-likeness (QED) is 0.848. The van der Waals surface area contributed by atoms with Gasteiger partial charge >= 0.3 is 0 Å². The molecule has 1 fully saturated rings. The van der Waals surface area contributed by atoms with Gasteiger partial charge in [0.1, 0.15) is 10.8 Å². The van der Waals surface area contributed by atoms with Crippen LogP contribution in [-0.4, -0.2) is 17.4 Å². The van der Waals surface area contributed by atoms with Crippen molar-refractivity contribution in [2.45, 2.75) is 13.3 Å². The molecule has 1 aliphatic carbocycles. The van der Waals surface area contributed by atoms with E-state index in [0.717, 1.165) is 0 Å². The van der Waals surface area contributed by atoms with Crippen molar-refractivity contribution >= 4 is 29.1 Å². The van der Waals surface area contributed by atoms with E-state index in [2.05, 4.69) is 17.2 Å². The third kappa shape index (κ3) is 2.66. The molecule has 5 heteroatoms. The highest BCUT2D eigenvalue weighted by molar-refractivity contribution is 6.34. The lowest BCUT2D eigenvalue weighted by Crippen LogP contribution is -2.27. The van der Waals surface area contributed by atoms with E-state index in [1.807, 2.05) is 0 Å². The molecule has 0 spiro atoms. The Kier molecular flexibility index (Phi) is 3.36. The molecule has 0 radical (unpaired) electrons. The molecule has 0 bridgehead atoms. The predicted octanol–water partition coefficient (Wildman–Crippen LogP) is 2.77. The number of carbonyl (C=O) groups is 1. The summed E-state index contributed by atoms with van der Waals surface area (Å²) >= 11 is 11.6. The Bertz CT molecular complexity index is 422. The zero-order valence-corrected chi connectivity index (χ0v) is 10.3. The van der Waals surface area contributed by atoms with E-state index in [1.165, 1.54) is 6.42 Å². The average Bonchev–Trinajstić information content (AvgIpc) is 2.95. The van der Waals surface area contributed by atoms with E-state index >= 15 is 0 Å². The number of pyridine rings is 1. The normalized spacial score (nSPS) is 22.9. The molecule has 0 saturated heterocycles. The van der Waals surface area contributed by atoms with Gasteiger partial charge in [0, 0.05) is 6.54 Å². The fourth-order valence-electron chi connectivity index (χ4n) is 1.57. The lowest BCUT2D eigenvalue weighted by molar-refractivity contribution is 0.0946. The Morgan fingerprint density at radius 1 is 1.56 bits per heavy atom. The molecule has 1 aromatic rings. The number of rotatable bonds is 3. The molecular weight excluding hydrogens is 247 g/mol. The molecule has 2 rings (SSSR count). The predicted molar refractivity (Wildman–Crippen MR) is 63.9 cm³/mol. The maximum absolute atomic E-state index is 11.7. The second-order valence-electron chi connectivity index (χ2n) is 4.15. The van der Waals surface area contributed by atoms with Gasteiger partial charge in [0.25, 0.3) is 5.91 Å². The molecule has 2 unspecified atom stereocenters. The van der Waals surface area contributed by atoms with Gasteiger partial charge in [-0.3, -0.25) is 4.79 Å². The number of nitrogens with one attached hydrogen (secondary N) is 1. The van der Waals surface area contributed by atoms with Crippen LogP contribution in [0.2, 0.25) is 10.2 Å². The van der Waals surface area contributed by atoms with Gasteiger partial charge in [0.2, 0.25) is 0 Å². The highest BCUT2D eigenvalue weighted by Gasteiger charge is 2.32. The zero-order valence-electron chi connectivity index (χ0n) is 8.84. The number of hydrogen-bond donors (Lipinski definition) is 1. The Hall–Kier alpha value is -0.800. The number of amides is 1. The van der Waals surface area contributed by atoms with Crippen LogP contribution in [0, 0.1) is 11.8 Å². The molecule has 2 atom stereocenters. The van der Waals surface area contributed by atoms with Crippen LogP contribution in [0.25, 0.3) is 0 Å². The summed E-state index contributed by atoms with van der Waals surface area (Å²) in [5, 5.41) is 3.41. The first kappa shape index (κ1) is 11.7. The highest BCUT2D eigenvalue weighted by atomic mass is 35.5. The standard InChI is InChI=1S/C11H12Cl2N2O/c1-6-4-7(6)5-14-11(16)10-8(12)2-3-9(13)15-10/h2-3,6-7H,4-5H2,1H3,(H,14,16).